The second-order valence-electron chi connectivity index (χ2n) is 4.86. The Hall–Kier alpha value is -1.43. The van der Waals surface area contributed by atoms with Crippen molar-refractivity contribution in [2.45, 2.75) is 39.7 Å². The maximum atomic E-state index is 12.8. The summed E-state index contributed by atoms with van der Waals surface area (Å²) >= 11 is 3.37. The van der Waals surface area contributed by atoms with Gasteiger partial charge in [0, 0.05) is 35.1 Å². The van der Waals surface area contributed by atoms with E-state index >= 15 is 0 Å². The number of nitro groups is 1. The first-order valence-electron chi connectivity index (χ1n) is 7.08. The number of rotatable bonds is 7. The van der Waals surface area contributed by atoms with Crippen molar-refractivity contribution in [1.29, 1.82) is 0 Å². The Morgan fingerprint density at radius 3 is 2.48 bits per heavy atom. The quantitative estimate of drug-likeness (QED) is 0.422. The number of carbonyl (C=O) groups excluding carboxylic acids is 1. The normalized spacial score (nSPS) is 10.7. The van der Waals surface area contributed by atoms with Crippen molar-refractivity contribution in [3.8, 4) is 0 Å². The van der Waals surface area contributed by atoms with E-state index in [9.17, 15) is 14.9 Å². The van der Waals surface area contributed by atoms with E-state index in [1.807, 2.05) is 13.8 Å². The van der Waals surface area contributed by atoms with E-state index in [0.717, 1.165) is 12.8 Å². The molecule has 0 unspecified atom stereocenters. The standard InChI is InChI=1S/C15H21BrN2O3/c1-4-12(5-2)17(10-9-16)15(19)13-7-6-8-14(11(13)3)18(20)21/h6-8,12H,4-5,9-10H2,1-3H3. The molecule has 0 atom stereocenters. The van der Waals surface area contributed by atoms with E-state index in [4.69, 9.17) is 0 Å². The van der Waals surface area contributed by atoms with E-state index in [-0.39, 0.29) is 17.6 Å². The zero-order valence-corrected chi connectivity index (χ0v) is 14.2. The van der Waals surface area contributed by atoms with Gasteiger partial charge >= 0.3 is 0 Å². The molecular weight excluding hydrogens is 336 g/mol. The molecule has 0 radical (unpaired) electrons. The summed E-state index contributed by atoms with van der Waals surface area (Å²) in [6, 6.07) is 4.80. The van der Waals surface area contributed by atoms with Gasteiger partial charge in [0.1, 0.15) is 0 Å². The van der Waals surface area contributed by atoms with Crippen molar-refractivity contribution >= 4 is 27.5 Å². The summed E-state index contributed by atoms with van der Waals surface area (Å²) in [6.07, 6.45) is 1.73. The number of alkyl halides is 1. The van der Waals surface area contributed by atoms with Crippen LogP contribution in [0, 0.1) is 17.0 Å². The molecule has 0 aliphatic heterocycles. The average Bonchev–Trinajstić information content (AvgIpc) is 2.46. The molecule has 1 aromatic carbocycles. The lowest BCUT2D eigenvalue weighted by atomic mass is 10.0. The van der Waals surface area contributed by atoms with Gasteiger partial charge in [-0.05, 0) is 25.8 Å². The summed E-state index contributed by atoms with van der Waals surface area (Å²) < 4.78 is 0. The first-order chi connectivity index (χ1) is 9.97. The van der Waals surface area contributed by atoms with Crippen LogP contribution in [0.5, 0.6) is 0 Å². The molecule has 21 heavy (non-hydrogen) atoms. The molecule has 0 saturated carbocycles. The van der Waals surface area contributed by atoms with Crippen LogP contribution in [-0.2, 0) is 0 Å². The Bertz CT molecular complexity index is 516. The van der Waals surface area contributed by atoms with Crippen LogP contribution in [0.4, 0.5) is 5.69 Å². The van der Waals surface area contributed by atoms with Gasteiger partial charge in [0.2, 0.25) is 0 Å². The highest BCUT2D eigenvalue weighted by Crippen LogP contribution is 2.23. The fraction of sp³-hybridized carbons (Fsp3) is 0.533. The zero-order chi connectivity index (χ0) is 16.0. The summed E-state index contributed by atoms with van der Waals surface area (Å²) in [5, 5.41) is 11.7. The Morgan fingerprint density at radius 2 is 2.00 bits per heavy atom. The number of hydrogen-bond acceptors (Lipinski definition) is 3. The summed E-state index contributed by atoms with van der Waals surface area (Å²) in [4.78, 5) is 25.1. The summed E-state index contributed by atoms with van der Waals surface area (Å²) in [5.41, 5.74) is 0.833. The van der Waals surface area contributed by atoms with Gasteiger partial charge in [0.15, 0.2) is 0 Å². The Labute approximate surface area is 133 Å². The van der Waals surface area contributed by atoms with Crippen LogP contribution in [0.1, 0.15) is 42.6 Å². The Morgan fingerprint density at radius 1 is 1.38 bits per heavy atom. The van der Waals surface area contributed by atoms with Gasteiger partial charge in [-0.1, -0.05) is 35.8 Å². The summed E-state index contributed by atoms with van der Waals surface area (Å²) in [5.74, 6) is -0.135. The van der Waals surface area contributed by atoms with Crippen LogP contribution in [0.25, 0.3) is 0 Å². The van der Waals surface area contributed by atoms with E-state index in [1.54, 1.807) is 24.0 Å². The lowest BCUT2D eigenvalue weighted by Crippen LogP contribution is -2.41. The predicted molar refractivity (Wildman–Crippen MR) is 87.0 cm³/mol. The van der Waals surface area contributed by atoms with Gasteiger partial charge in [-0.25, -0.2) is 0 Å². The van der Waals surface area contributed by atoms with Gasteiger partial charge in [0.05, 0.1) is 4.92 Å². The van der Waals surface area contributed by atoms with Crippen LogP contribution >= 0.6 is 15.9 Å². The molecule has 0 spiro atoms. The van der Waals surface area contributed by atoms with Gasteiger partial charge in [-0.2, -0.15) is 0 Å². The van der Waals surface area contributed by atoms with Crippen molar-refractivity contribution in [1.82, 2.24) is 4.90 Å². The maximum Gasteiger partial charge on any atom is 0.273 e. The molecule has 5 nitrogen and oxygen atoms in total. The average molecular weight is 357 g/mol. The third-order valence-corrected chi connectivity index (χ3v) is 4.06. The highest BCUT2D eigenvalue weighted by atomic mass is 79.9. The fourth-order valence-corrected chi connectivity index (χ4v) is 2.86. The van der Waals surface area contributed by atoms with E-state index < -0.39 is 4.92 Å². The molecule has 0 aliphatic carbocycles. The van der Waals surface area contributed by atoms with Crippen molar-refractivity contribution in [3.63, 3.8) is 0 Å². The molecule has 116 valence electrons. The minimum Gasteiger partial charge on any atom is -0.335 e. The third kappa shape index (κ3) is 4.03. The molecule has 1 amide bonds. The topological polar surface area (TPSA) is 63.5 Å². The highest BCUT2D eigenvalue weighted by molar-refractivity contribution is 9.09. The summed E-state index contributed by atoms with van der Waals surface area (Å²) in [6.45, 7) is 6.31. The smallest absolute Gasteiger partial charge is 0.273 e. The Balaban J connectivity index is 3.21. The second kappa shape index (κ2) is 8.12. The third-order valence-electron chi connectivity index (χ3n) is 3.70. The number of hydrogen-bond donors (Lipinski definition) is 0. The number of amides is 1. The number of halogens is 1. The number of carbonyl (C=O) groups is 1. The van der Waals surface area contributed by atoms with Gasteiger partial charge < -0.3 is 4.90 Å². The number of benzene rings is 1. The molecule has 0 N–H and O–H groups in total. The van der Waals surface area contributed by atoms with Crippen LogP contribution in [0.2, 0.25) is 0 Å². The molecule has 0 aliphatic rings. The molecule has 6 heteroatoms. The lowest BCUT2D eigenvalue weighted by Gasteiger charge is -2.30. The molecule has 0 fully saturated rings. The molecule has 0 heterocycles. The molecule has 0 saturated heterocycles. The van der Waals surface area contributed by atoms with Crippen LogP contribution in [0.15, 0.2) is 18.2 Å². The first-order valence-corrected chi connectivity index (χ1v) is 8.20. The lowest BCUT2D eigenvalue weighted by molar-refractivity contribution is -0.385. The van der Waals surface area contributed by atoms with Crippen LogP contribution < -0.4 is 0 Å². The van der Waals surface area contributed by atoms with E-state index in [2.05, 4.69) is 15.9 Å². The molecule has 0 aromatic heterocycles. The summed E-state index contributed by atoms with van der Waals surface area (Å²) in [7, 11) is 0. The molecule has 1 aromatic rings. The highest BCUT2D eigenvalue weighted by Gasteiger charge is 2.25. The zero-order valence-electron chi connectivity index (χ0n) is 12.6. The van der Waals surface area contributed by atoms with Gasteiger partial charge in [-0.3, -0.25) is 14.9 Å². The largest absolute Gasteiger partial charge is 0.335 e. The van der Waals surface area contributed by atoms with E-state index in [1.165, 1.54) is 6.07 Å². The Kier molecular flexibility index (Phi) is 6.81. The van der Waals surface area contributed by atoms with Crippen molar-refractivity contribution in [2.24, 2.45) is 0 Å². The molecule has 0 bridgehead atoms. The van der Waals surface area contributed by atoms with Gasteiger partial charge in [0.25, 0.3) is 11.6 Å². The SMILES string of the molecule is CCC(CC)N(CCBr)C(=O)c1cccc([N+](=O)[O-])c1C. The minimum atomic E-state index is -0.446. The predicted octanol–water partition coefficient (Wildman–Crippen LogP) is 3.93. The monoisotopic (exact) mass is 356 g/mol. The van der Waals surface area contributed by atoms with Crippen molar-refractivity contribution in [2.75, 3.05) is 11.9 Å². The maximum absolute atomic E-state index is 12.8. The van der Waals surface area contributed by atoms with E-state index in [0.29, 0.717) is 23.0 Å². The number of nitrogens with zero attached hydrogens (tertiary/aromatic N) is 2. The second-order valence-corrected chi connectivity index (χ2v) is 5.66. The van der Waals surface area contributed by atoms with Crippen LogP contribution in [-0.4, -0.2) is 33.6 Å². The van der Waals surface area contributed by atoms with Gasteiger partial charge in [-0.15, -0.1) is 0 Å². The first kappa shape index (κ1) is 17.6. The molecular formula is C15H21BrN2O3. The number of nitro benzene ring substituents is 1. The molecule has 1 rings (SSSR count). The van der Waals surface area contributed by atoms with Crippen molar-refractivity contribution < 1.29 is 9.72 Å². The fourth-order valence-electron chi connectivity index (χ4n) is 2.48. The minimum absolute atomic E-state index is 0.0100. The van der Waals surface area contributed by atoms with Crippen molar-refractivity contribution in [3.05, 3.63) is 39.4 Å². The van der Waals surface area contributed by atoms with Crippen LogP contribution in [0.3, 0.4) is 0 Å².